The Kier molecular flexibility index (Phi) is 5.41. The summed E-state index contributed by atoms with van der Waals surface area (Å²) >= 11 is 0. The van der Waals surface area contributed by atoms with Gasteiger partial charge >= 0.3 is 5.97 Å². The molecule has 1 aromatic carbocycles. The number of ether oxygens (including phenoxy) is 1. The largest absolute Gasteiger partial charge is 0.462 e. The Morgan fingerprint density at radius 1 is 1.00 bits per heavy atom. The van der Waals surface area contributed by atoms with E-state index < -0.39 is 0 Å². The van der Waals surface area contributed by atoms with E-state index in [2.05, 4.69) is 4.90 Å². The minimum absolute atomic E-state index is 0.0325. The highest BCUT2D eigenvalue weighted by molar-refractivity contribution is 5.94. The molecule has 0 bridgehead atoms. The summed E-state index contributed by atoms with van der Waals surface area (Å²) in [5.74, 6) is -0.133. The number of hydrogen-bond acceptors (Lipinski definition) is 5. The van der Waals surface area contributed by atoms with Crippen LogP contribution in [0.4, 0.5) is 5.69 Å². The van der Waals surface area contributed by atoms with Crippen molar-refractivity contribution < 1.29 is 19.1 Å². The van der Waals surface area contributed by atoms with Crippen LogP contribution >= 0.6 is 0 Å². The summed E-state index contributed by atoms with van der Waals surface area (Å²) in [5, 5.41) is 0. The van der Waals surface area contributed by atoms with Gasteiger partial charge in [0.05, 0.1) is 5.92 Å². The Balaban J connectivity index is 1.50. The first kappa shape index (κ1) is 19.6. The van der Waals surface area contributed by atoms with Crippen LogP contribution in [0.15, 0.2) is 24.3 Å². The quantitative estimate of drug-likeness (QED) is 0.584. The van der Waals surface area contributed by atoms with Crippen molar-refractivity contribution >= 4 is 23.2 Å². The summed E-state index contributed by atoms with van der Waals surface area (Å²) in [7, 11) is 0. The smallest absolute Gasteiger partial charge is 0.309 e. The zero-order valence-corrected chi connectivity index (χ0v) is 16.7. The molecule has 1 heterocycles. The van der Waals surface area contributed by atoms with Crippen molar-refractivity contribution in [3.63, 3.8) is 0 Å². The molecule has 2 aliphatic rings. The van der Waals surface area contributed by atoms with Crippen LogP contribution in [0.2, 0.25) is 0 Å². The van der Waals surface area contributed by atoms with Gasteiger partial charge in [-0.1, -0.05) is 13.8 Å². The minimum atomic E-state index is -0.303. The second-order valence-corrected chi connectivity index (χ2v) is 8.50. The molecule has 1 saturated carbocycles. The number of carbonyl (C=O) groups is 3. The fourth-order valence-corrected chi connectivity index (χ4v) is 4.40. The van der Waals surface area contributed by atoms with E-state index >= 15 is 0 Å². The number of rotatable bonds is 5. The maximum Gasteiger partial charge on any atom is 0.309 e. The van der Waals surface area contributed by atoms with Crippen molar-refractivity contribution in [2.75, 3.05) is 18.0 Å². The number of hydrogen-bond donors (Lipinski definition) is 0. The highest BCUT2D eigenvalue weighted by Gasteiger charge is 2.54. The van der Waals surface area contributed by atoms with E-state index in [9.17, 15) is 14.4 Å². The predicted octanol–water partition coefficient (Wildman–Crippen LogP) is 3.65. The molecular formula is C22H29NO4. The Morgan fingerprint density at radius 2 is 1.59 bits per heavy atom. The Bertz CT molecular complexity index is 729. The van der Waals surface area contributed by atoms with E-state index in [1.807, 2.05) is 38.1 Å². The van der Waals surface area contributed by atoms with Gasteiger partial charge in [-0.15, -0.1) is 0 Å². The molecule has 2 fully saturated rings. The number of carbonyl (C=O) groups excluding carboxylic acids is 3. The molecule has 1 aliphatic carbocycles. The highest BCUT2D eigenvalue weighted by Crippen LogP contribution is 2.52. The summed E-state index contributed by atoms with van der Waals surface area (Å²) in [6.45, 7) is 8.79. The van der Waals surface area contributed by atoms with Crippen molar-refractivity contribution in [2.45, 2.75) is 53.1 Å². The van der Waals surface area contributed by atoms with Crippen molar-refractivity contribution in [3.8, 4) is 0 Å². The molecule has 3 rings (SSSR count). The van der Waals surface area contributed by atoms with Gasteiger partial charge in [0.1, 0.15) is 11.9 Å². The first-order valence-corrected chi connectivity index (χ1v) is 9.77. The maximum absolute atomic E-state index is 12.6. The summed E-state index contributed by atoms with van der Waals surface area (Å²) in [6.07, 6.45) is 2.15. The van der Waals surface area contributed by atoms with Crippen molar-refractivity contribution in [3.05, 3.63) is 29.8 Å². The van der Waals surface area contributed by atoms with Crippen molar-refractivity contribution in [1.82, 2.24) is 0 Å². The topological polar surface area (TPSA) is 63.7 Å². The normalized spacial score (nSPS) is 24.8. The van der Waals surface area contributed by atoms with Gasteiger partial charge in [-0.2, -0.15) is 0 Å². The average Bonchev–Trinajstić information content (AvgIpc) is 2.61. The van der Waals surface area contributed by atoms with Gasteiger partial charge in [0.15, 0.2) is 5.78 Å². The zero-order valence-electron chi connectivity index (χ0n) is 16.7. The molecule has 0 unspecified atom stereocenters. The highest BCUT2D eigenvalue weighted by atomic mass is 16.5. The molecule has 2 atom stereocenters. The van der Waals surface area contributed by atoms with Crippen LogP contribution in [-0.2, 0) is 14.3 Å². The number of ketones is 2. The lowest BCUT2D eigenvalue weighted by atomic mass is 9.53. The third-order valence-electron chi connectivity index (χ3n) is 6.41. The molecule has 1 aliphatic heterocycles. The number of Topliss-reactive ketones (excluding diaryl/α,β-unsaturated/α-hetero) is 2. The van der Waals surface area contributed by atoms with E-state index in [0.717, 1.165) is 37.2 Å². The van der Waals surface area contributed by atoms with Crippen LogP contribution in [0.25, 0.3) is 0 Å². The third kappa shape index (κ3) is 3.92. The summed E-state index contributed by atoms with van der Waals surface area (Å²) < 4.78 is 5.77. The molecule has 0 amide bonds. The van der Waals surface area contributed by atoms with Crippen LogP contribution in [0.5, 0.6) is 0 Å². The van der Waals surface area contributed by atoms with Gasteiger partial charge in [0.2, 0.25) is 0 Å². The van der Waals surface area contributed by atoms with E-state index in [1.165, 1.54) is 0 Å². The van der Waals surface area contributed by atoms with E-state index in [4.69, 9.17) is 4.74 Å². The summed E-state index contributed by atoms with van der Waals surface area (Å²) in [6, 6.07) is 7.66. The van der Waals surface area contributed by atoms with Crippen molar-refractivity contribution in [2.24, 2.45) is 17.3 Å². The van der Waals surface area contributed by atoms with Gasteiger partial charge in [0, 0.05) is 43.1 Å². The summed E-state index contributed by atoms with van der Waals surface area (Å²) in [4.78, 5) is 37.8. The lowest BCUT2D eigenvalue weighted by Gasteiger charge is -2.49. The minimum Gasteiger partial charge on any atom is -0.462 e. The van der Waals surface area contributed by atoms with E-state index in [1.54, 1.807) is 13.8 Å². The van der Waals surface area contributed by atoms with Gasteiger partial charge in [0.25, 0.3) is 0 Å². The first-order valence-electron chi connectivity index (χ1n) is 9.77. The Hall–Kier alpha value is -2.17. The molecule has 1 aromatic rings. The van der Waals surface area contributed by atoms with E-state index in [-0.39, 0.29) is 40.9 Å². The lowest BCUT2D eigenvalue weighted by molar-refractivity contribution is -0.173. The molecule has 5 nitrogen and oxygen atoms in total. The number of benzene rings is 1. The second kappa shape index (κ2) is 7.45. The monoisotopic (exact) mass is 371 g/mol. The van der Waals surface area contributed by atoms with Crippen molar-refractivity contribution in [1.29, 1.82) is 0 Å². The Morgan fingerprint density at radius 3 is 2.07 bits per heavy atom. The van der Waals surface area contributed by atoms with Crippen LogP contribution < -0.4 is 4.90 Å². The molecule has 0 spiro atoms. The molecule has 146 valence electrons. The number of anilines is 1. The van der Waals surface area contributed by atoms with Crippen LogP contribution in [0, 0.1) is 17.3 Å². The fourth-order valence-electron chi connectivity index (χ4n) is 4.40. The molecule has 0 aromatic heterocycles. The molecule has 5 heteroatoms. The lowest BCUT2D eigenvalue weighted by Crippen LogP contribution is -2.53. The van der Waals surface area contributed by atoms with Crippen LogP contribution in [0.1, 0.15) is 57.3 Å². The average molecular weight is 371 g/mol. The van der Waals surface area contributed by atoms with Crippen LogP contribution in [-0.4, -0.2) is 36.7 Å². The first-order chi connectivity index (χ1) is 12.7. The van der Waals surface area contributed by atoms with Gasteiger partial charge in [-0.3, -0.25) is 14.4 Å². The van der Waals surface area contributed by atoms with Gasteiger partial charge in [-0.25, -0.2) is 0 Å². The van der Waals surface area contributed by atoms with E-state index in [0.29, 0.717) is 6.42 Å². The molecule has 27 heavy (non-hydrogen) atoms. The number of esters is 1. The van der Waals surface area contributed by atoms with Crippen LogP contribution in [0.3, 0.4) is 0 Å². The second-order valence-electron chi connectivity index (χ2n) is 8.50. The molecule has 1 saturated heterocycles. The maximum atomic E-state index is 12.6. The standard InChI is InChI=1S/C22H29NO4/c1-14(24)16-5-7-17(8-6-16)23-11-9-18(10-12-23)27-21(26)20-13-19(15(2)25)22(20,3)4/h5-8,18-20H,9-13H2,1-4H3/t19-,20+/m0/s1. The Labute approximate surface area is 161 Å². The van der Waals surface area contributed by atoms with Gasteiger partial charge < -0.3 is 9.64 Å². The number of piperidine rings is 1. The molecular weight excluding hydrogens is 342 g/mol. The summed E-state index contributed by atoms with van der Waals surface area (Å²) in [5.41, 5.74) is 1.51. The third-order valence-corrected chi connectivity index (χ3v) is 6.41. The number of nitrogens with zero attached hydrogens (tertiary/aromatic N) is 1. The fraction of sp³-hybridized carbons (Fsp3) is 0.591. The molecule has 0 N–H and O–H groups in total. The predicted molar refractivity (Wildman–Crippen MR) is 104 cm³/mol. The SMILES string of the molecule is CC(=O)c1ccc(N2CCC(OC(=O)[C@H]3C[C@@H](C(C)=O)C3(C)C)CC2)cc1. The van der Waals surface area contributed by atoms with Gasteiger partial charge in [-0.05, 0) is 49.9 Å². The molecule has 0 radical (unpaired) electrons. The zero-order chi connectivity index (χ0) is 19.8.